The lowest BCUT2D eigenvalue weighted by atomic mass is 9.81. The van der Waals surface area contributed by atoms with E-state index in [1.807, 2.05) is 0 Å². The minimum absolute atomic E-state index is 0.0125. The van der Waals surface area contributed by atoms with E-state index in [4.69, 9.17) is 0 Å². The smallest absolute Gasteiger partial charge is 0.311 e. The molecule has 0 radical (unpaired) electrons. The number of fused-ring (bicyclic) bond motifs is 1. The summed E-state index contributed by atoms with van der Waals surface area (Å²) in [6.07, 6.45) is 6.64. The van der Waals surface area contributed by atoms with Gasteiger partial charge in [0.15, 0.2) is 0 Å². The van der Waals surface area contributed by atoms with Crippen LogP contribution in [0.15, 0.2) is 0 Å². The Morgan fingerprint density at radius 3 is 2.55 bits per heavy atom. The van der Waals surface area contributed by atoms with E-state index in [9.17, 15) is 18.3 Å². The second-order valence-electron chi connectivity index (χ2n) is 6.74. The third-order valence-corrected chi connectivity index (χ3v) is 7.48. The Kier molecular flexibility index (Phi) is 3.57. The van der Waals surface area contributed by atoms with Gasteiger partial charge >= 0.3 is 5.97 Å². The summed E-state index contributed by atoms with van der Waals surface area (Å²) in [5.41, 5.74) is -0.802. The van der Waals surface area contributed by atoms with Crippen molar-refractivity contribution in [2.75, 3.05) is 18.8 Å². The molecule has 6 heteroatoms. The van der Waals surface area contributed by atoms with Crippen LogP contribution >= 0.6 is 0 Å². The highest BCUT2D eigenvalue weighted by molar-refractivity contribution is 7.89. The van der Waals surface area contributed by atoms with Crippen LogP contribution in [-0.4, -0.2) is 42.6 Å². The molecule has 1 N–H and O–H groups in total. The number of carboxylic acid groups (broad SMARTS) is 1. The van der Waals surface area contributed by atoms with Crippen LogP contribution in [-0.2, 0) is 14.8 Å². The van der Waals surface area contributed by atoms with Crippen LogP contribution in [0.2, 0.25) is 0 Å². The van der Waals surface area contributed by atoms with Crippen LogP contribution in [0.4, 0.5) is 0 Å². The number of rotatable bonds is 5. The number of carbonyl (C=O) groups is 1. The molecule has 2 aliphatic carbocycles. The summed E-state index contributed by atoms with van der Waals surface area (Å²) in [5, 5.41) is 9.50. The fraction of sp³-hybridized carbons (Fsp3) is 0.929. The molecular formula is C14H23NO4S. The van der Waals surface area contributed by atoms with Gasteiger partial charge in [-0.2, -0.15) is 0 Å². The first kappa shape index (κ1) is 14.3. The van der Waals surface area contributed by atoms with Crippen LogP contribution in [0.1, 0.15) is 44.9 Å². The highest BCUT2D eigenvalue weighted by Crippen LogP contribution is 2.49. The number of carboxylic acids is 1. The Balaban J connectivity index is 1.67. The number of hydrogen-bond donors (Lipinski definition) is 1. The third-order valence-electron chi connectivity index (χ3n) is 5.67. The van der Waals surface area contributed by atoms with E-state index in [1.165, 1.54) is 10.7 Å². The molecule has 0 aromatic rings. The van der Waals surface area contributed by atoms with Crippen molar-refractivity contribution in [3.05, 3.63) is 0 Å². The van der Waals surface area contributed by atoms with E-state index >= 15 is 0 Å². The Bertz CT molecular complexity index is 499. The maximum absolute atomic E-state index is 12.4. The van der Waals surface area contributed by atoms with Gasteiger partial charge in [-0.3, -0.25) is 4.79 Å². The molecule has 2 atom stereocenters. The molecule has 0 spiro atoms. The number of hydrogen-bond acceptors (Lipinski definition) is 3. The minimum atomic E-state index is -3.27. The third kappa shape index (κ3) is 2.26. The van der Waals surface area contributed by atoms with Crippen LogP contribution in [0, 0.1) is 17.3 Å². The van der Waals surface area contributed by atoms with Gasteiger partial charge in [0.1, 0.15) is 0 Å². The number of nitrogens with zero attached hydrogens (tertiary/aromatic N) is 1. The molecule has 0 bridgehead atoms. The first-order chi connectivity index (χ1) is 9.44. The van der Waals surface area contributed by atoms with E-state index in [0.717, 1.165) is 32.1 Å². The van der Waals surface area contributed by atoms with E-state index in [2.05, 4.69) is 0 Å². The maximum Gasteiger partial charge on any atom is 0.311 e. The number of aliphatic carboxylic acids is 1. The molecule has 1 aliphatic heterocycles. The molecule has 20 heavy (non-hydrogen) atoms. The zero-order valence-electron chi connectivity index (χ0n) is 11.8. The van der Waals surface area contributed by atoms with Crippen molar-refractivity contribution < 1.29 is 18.3 Å². The van der Waals surface area contributed by atoms with Gasteiger partial charge in [-0.1, -0.05) is 25.7 Å². The topological polar surface area (TPSA) is 74.7 Å². The Morgan fingerprint density at radius 1 is 1.25 bits per heavy atom. The van der Waals surface area contributed by atoms with Crippen molar-refractivity contribution in [3.8, 4) is 0 Å². The van der Waals surface area contributed by atoms with Gasteiger partial charge in [0.25, 0.3) is 0 Å². The zero-order chi connectivity index (χ0) is 14.4. The first-order valence-corrected chi connectivity index (χ1v) is 9.26. The van der Waals surface area contributed by atoms with E-state index in [-0.39, 0.29) is 18.2 Å². The van der Waals surface area contributed by atoms with Crippen molar-refractivity contribution in [3.63, 3.8) is 0 Å². The molecule has 2 saturated carbocycles. The van der Waals surface area contributed by atoms with Crippen LogP contribution in [0.5, 0.6) is 0 Å². The predicted octanol–water partition coefficient (Wildman–Crippen LogP) is 1.69. The first-order valence-electron chi connectivity index (χ1n) is 7.65. The van der Waals surface area contributed by atoms with Crippen molar-refractivity contribution in [2.24, 2.45) is 17.3 Å². The lowest BCUT2D eigenvalue weighted by molar-refractivity contribution is -0.149. The summed E-state index contributed by atoms with van der Waals surface area (Å²) in [7, 11) is -3.27. The quantitative estimate of drug-likeness (QED) is 0.838. The molecule has 0 unspecified atom stereocenters. The molecule has 0 aromatic heterocycles. The summed E-state index contributed by atoms with van der Waals surface area (Å²) < 4.78 is 26.3. The van der Waals surface area contributed by atoms with Gasteiger partial charge in [-0.15, -0.1) is 0 Å². The molecule has 0 aromatic carbocycles. The van der Waals surface area contributed by atoms with E-state index in [0.29, 0.717) is 18.9 Å². The summed E-state index contributed by atoms with van der Waals surface area (Å²) in [6, 6.07) is 0. The molecule has 3 fully saturated rings. The highest BCUT2D eigenvalue weighted by atomic mass is 32.2. The summed E-state index contributed by atoms with van der Waals surface area (Å²) in [6.45, 7) is 0.610. The fourth-order valence-electron chi connectivity index (χ4n) is 4.03. The Morgan fingerprint density at radius 2 is 2.00 bits per heavy atom. The van der Waals surface area contributed by atoms with E-state index in [1.54, 1.807) is 0 Å². The lowest BCUT2D eigenvalue weighted by Gasteiger charge is -2.27. The van der Waals surface area contributed by atoms with Crippen molar-refractivity contribution in [2.45, 2.75) is 44.9 Å². The highest BCUT2D eigenvalue weighted by Gasteiger charge is 2.56. The minimum Gasteiger partial charge on any atom is -0.481 e. The van der Waals surface area contributed by atoms with Crippen LogP contribution in [0.25, 0.3) is 0 Å². The molecule has 114 valence electrons. The largest absolute Gasteiger partial charge is 0.481 e. The normalized spacial score (nSPS) is 34.9. The molecule has 3 rings (SSSR count). The Hall–Kier alpha value is -0.620. The van der Waals surface area contributed by atoms with Gasteiger partial charge in [0.2, 0.25) is 10.0 Å². The van der Waals surface area contributed by atoms with Crippen LogP contribution in [0.3, 0.4) is 0 Å². The van der Waals surface area contributed by atoms with Gasteiger partial charge in [0, 0.05) is 13.1 Å². The van der Waals surface area contributed by atoms with Gasteiger partial charge in [-0.25, -0.2) is 12.7 Å². The molecule has 1 saturated heterocycles. The SMILES string of the molecule is O=C(O)[C@@]12CCC[C@H]1CN(S(=O)(=O)CCC1CCC1)C2. The number of sulfonamides is 1. The second-order valence-corrected chi connectivity index (χ2v) is 8.83. The molecule has 1 heterocycles. The monoisotopic (exact) mass is 301 g/mol. The average Bonchev–Trinajstić information content (AvgIpc) is 2.83. The second kappa shape index (κ2) is 4.98. The summed E-state index contributed by atoms with van der Waals surface area (Å²) in [5.74, 6) is -0.0319. The van der Waals surface area contributed by atoms with Crippen molar-refractivity contribution in [1.82, 2.24) is 4.31 Å². The maximum atomic E-state index is 12.4. The lowest BCUT2D eigenvalue weighted by Crippen LogP contribution is -2.38. The standard InChI is InChI=1S/C14H23NO4S/c16-13(17)14-7-2-5-12(14)9-15(10-14)20(18,19)8-6-11-3-1-4-11/h11-12H,1-10H2,(H,16,17)/t12-,14+/m0/s1. The molecule has 5 nitrogen and oxygen atoms in total. The van der Waals surface area contributed by atoms with Gasteiger partial charge < -0.3 is 5.11 Å². The Labute approximate surface area is 120 Å². The summed E-state index contributed by atoms with van der Waals surface area (Å²) in [4.78, 5) is 11.6. The van der Waals surface area contributed by atoms with Crippen molar-refractivity contribution in [1.29, 1.82) is 0 Å². The molecular weight excluding hydrogens is 278 g/mol. The average molecular weight is 301 g/mol. The fourth-order valence-corrected chi connectivity index (χ4v) is 5.75. The zero-order valence-corrected chi connectivity index (χ0v) is 12.6. The van der Waals surface area contributed by atoms with Gasteiger partial charge in [0.05, 0.1) is 11.2 Å². The van der Waals surface area contributed by atoms with Crippen LogP contribution < -0.4 is 0 Å². The molecule has 3 aliphatic rings. The van der Waals surface area contributed by atoms with Gasteiger partial charge in [-0.05, 0) is 31.1 Å². The summed E-state index contributed by atoms with van der Waals surface area (Å²) >= 11 is 0. The molecule has 0 amide bonds. The predicted molar refractivity (Wildman–Crippen MR) is 74.7 cm³/mol. The van der Waals surface area contributed by atoms with E-state index < -0.39 is 21.4 Å². The van der Waals surface area contributed by atoms with Crippen molar-refractivity contribution >= 4 is 16.0 Å².